The molecule has 0 aliphatic heterocycles. The van der Waals surface area contributed by atoms with Gasteiger partial charge in [0.25, 0.3) is 11.8 Å². The number of benzene rings is 2. The van der Waals surface area contributed by atoms with E-state index >= 15 is 0 Å². The predicted octanol–water partition coefficient (Wildman–Crippen LogP) is 3.11. The number of esters is 1. The van der Waals surface area contributed by atoms with E-state index in [0.29, 0.717) is 17.2 Å². The zero-order valence-electron chi connectivity index (χ0n) is 15.5. The first-order valence-electron chi connectivity index (χ1n) is 8.88. The van der Waals surface area contributed by atoms with Crippen LogP contribution in [0.2, 0.25) is 0 Å². The molecule has 2 aromatic carbocycles. The summed E-state index contributed by atoms with van der Waals surface area (Å²) in [7, 11) is 0. The summed E-state index contributed by atoms with van der Waals surface area (Å²) in [6.45, 7) is 3.55. The zero-order chi connectivity index (χ0) is 19.6. The first-order valence-corrected chi connectivity index (χ1v) is 8.88. The van der Waals surface area contributed by atoms with E-state index in [1.807, 2.05) is 24.3 Å². The van der Waals surface area contributed by atoms with E-state index in [1.165, 1.54) is 5.56 Å². The topological polar surface area (TPSA) is 84.5 Å². The van der Waals surface area contributed by atoms with Gasteiger partial charge in [0.1, 0.15) is 6.54 Å². The smallest absolute Gasteiger partial charge is 0.325 e. The molecule has 0 saturated carbocycles. The van der Waals surface area contributed by atoms with Crippen molar-refractivity contribution in [1.82, 2.24) is 5.32 Å². The summed E-state index contributed by atoms with van der Waals surface area (Å²) in [4.78, 5) is 35.4. The lowest BCUT2D eigenvalue weighted by atomic mass is 9.99. The van der Waals surface area contributed by atoms with Gasteiger partial charge in [0.2, 0.25) is 0 Å². The maximum absolute atomic E-state index is 11.9. The molecular formula is C21H24N2O4. The molecule has 6 nitrogen and oxygen atoms in total. The number of rotatable bonds is 8. The minimum atomic E-state index is -0.679. The van der Waals surface area contributed by atoms with Crippen LogP contribution in [0.5, 0.6) is 0 Å². The second-order valence-electron chi connectivity index (χ2n) is 6.19. The van der Waals surface area contributed by atoms with Gasteiger partial charge in [-0.1, -0.05) is 44.2 Å². The lowest BCUT2D eigenvalue weighted by molar-refractivity contribution is -0.146. The lowest BCUT2D eigenvalue weighted by Crippen LogP contribution is -2.32. The maximum atomic E-state index is 11.9. The Hall–Kier alpha value is -3.15. The van der Waals surface area contributed by atoms with Crippen LogP contribution in [0, 0.1) is 0 Å². The van der Waals surface area contributed by atoms with Gasteiger partial charge in [-0.15, -0.1) is 0 Å². The predicted molar refractivity (Wildman–Crippen MR) is 104 cm³/mol. The molecule has 0 fully saturated rings. The molecule has 0 radical (unpaired) electrons. The van der Waals surface area contributed by atoms with Crippen molar-refractivity contribution >= 4 is 23.5 Å². The molecule has 0 unspecified atom stereocenters. The number of hydrogen-bond donors (Lipinski definition) is 2. The van der Waals surface area contributed by atoms with Crippen LogP contribution in [-0.2, 0) is 14.3 Å². The van der Waals surface area contributed by atoms with Crippen molar-refractivity contribution in [2.24, 2.45) is 0 Å². The Bertz CT molecular complexity index is 773. The van der Waals surface area contributed by atoms with Gasteiger partial charge >= 0.3 is 5.97 Å². The molecule has 0 spiro atoms. The Morgan fingerprint density at radius 2 is 1.67 bits per heavy atom. The largest absolute Gasteiger partial charge is 0.454 e. The Labute approximate surface area is 158 Å². The number of nitrogens with one attached hydrogen (secondary N) is 2. The van der Waals surface area contributed by atoms with Gasteiger partial charge < -0.3 is 15.4 Å². The molecule has 142 valence electrons. The minimum Gasteiger partial charge on any atom is -0.454 e. The molecule has 2 N–H and O–H groups in total. The van der Waals surface area contributed by atoms with Gasteiger partial charge in [-0.3, -0.25) is 14.4 Å². The third-order valence-corrected chi connectivity index (χ3v) is 4.17. The molecule has 27 heavy (non-hydrogen) atoms. The number of carbonyl (C=O) groups is 3. The fourth-order valence-corrected chi connectivity index (χ4v) is 2.37. The summed E-state index contributed by atoms with van der Waals surface area (Å²) < 4.78 is 4.88. The number of anilines is 1. The van der Waals surface area contributed by atoms with Crippen LogP contribution in [0.1, 0.15) is 42.1 Å². The number of amides is 2. The summed E-state index contributed by atoms with van der Waals surface area (Å²) in [5.74, 6) is -1.03. The van der Waals surface area contributed by atoms with E-state index in [9.17, 15) is 14.4 Å². The molecular weight excluding hydrogens is 344 g/mol. The van der Waals surface area contributed by atoms with E-state index in [-0.39, 0.29) is 12.5 Å². The van der Waals surface area contributed by atoms with Crippen LogP contribution in [0.25, 0.3) is 0 Å². The van der Waals surface area contributed by atoms with Gasteiger partial charge in [-0.2, -0.15) is 0 Å². The Morgan fingerprint density at radius 3 is 2.30 bits per heavy atom. The van der Waals surface area contributed by atoms with Crippen LogP contribution >= 0.6 is 0 Å². The Balaban J connectivity index is 1.71. The second kappa shape index (κ2) is 10.1. The van der Waals surface area contributed by atoms with Crippen LogP contribution in [-0.4, -0.2) is 30.9 Å². The highest BCUT2D eigenvalue weighted by Gasteiger charge is 2.11. The lowest BCUT2D eigenvalue weighted by Gasteiger charge is -2.11. The second-order valence-corrected chi connectivity index (χ2v) is 6.19. The summed E-state index contributed by atoms with van der Waals surface area (Å²) in [5, 5.41) is 5.12. The fraction of sp³-hybridized carbons (Fsp3) is 0.286. The fourth-order valence-electron chi connectivity index (χ4n) is 2.37. The monoisotopic (exact) mass is 368 g/mol. The van der Waals surface area contributed by atoms with Gasteiger partial charge in [0.15, 0.2) is 6.61 Å². The highest BCUT2D eigenvalue weighted by molar-refractivity contribution is 5.96. The van der Waals surface area contributed by atoms with Crippen LogP contribution in [0.3, 0.4) is 0 Å². The number of carbonyl (C=O) groups excluding carboxylic acids is 3. The third kappa shape index (κ3) is 6.58. The van der Waals surface area contributed by atoms with E-state index in [2.05, 4.69) is 24.5 Å². The quantitative estimate of drug-likeness (QED) is 0.701. The molecule has 2 rings (SSSR count). The van der Waals surface area contributed by atoms with Crippen molar-refractivity contribution in [2.45, 2.75) is 26.2 Å². The van der Waals surface area contributed by atoms with Crippen molar-refractivity contribution < 1.29 is 19.1 Å². The van der Waals surface area contributed by atoms with Crippen molar-refractivity contribution in [1.29, 1.82) is 0 Å². The third-order valence-electron chi connectivity index (χ3n) is 4.17. The van der Waals surface area contributed by atoms with Crippen molar-refractivity contribution in [3.05, 3.63) is 65.7 Å². The summed E-state index contributed by atoms with van der Waals surface area (Å²) in [6, 6.07) is 16.1. The highest BCUT2D eigenvalue weighted by atomic mass is 16.5. The van der Waals surface area contributed by atoms with Gasteiger partial charge in [-0.25, -0.2) is 0 Å². The van der Waals surface area contributed by atoms with Crippen LogP contribution in [0.4, 0.5) is 5.69 Å². The highest BCUT2D eigenvalue weighted by Crippen LogP contribution is 2.20. The molecule has 0 heterocycles. The molecule has 1 atom stereocenters. The van der Waals surface area contributed by atoms with Crippen molar-refractivity contribution in [3.63, 3.8) is 0 Å². The average molecular weight is 368 g/mol. The zero-order valence-corrected chi connectivity index (χ0v) is 15.5. The average Bonchev–Trinajstić information content (AvgIpc) is 2.71. The van der Waals surface area contributed by atoms with Crippen LogP contribution < -0.4 is 10.6 Å². The Morgan fingerprint density at radius 1 is 1.00 bits per heavy atom. The van der Waals surface area contributed by atoms with Crippen molar-refractivity contribution in [2.75, 3.05) is 18.5 Å². The molecule has 0 saturated heterocycles. The van der Waals surface area contributed by atoms with Gasteiger partial charge in [0, 0.05) is 11.3 Å². The molecule has 2 aromatic rings. The minimum absolute atomic E-state index is 0.301. The summed E-state index contributed by atoms with van der Waals surface area (Å²) >= 11 is 0. The van der Waals surface area contributed by atoms with Crippen molar-refractivity contribution in [3.8, 4) is 0 Å². The number of hydrogen-bond acceptors (Lipinski definition) is 4. The Kier molecular flexibility index (Phi) is 7.55. The molecule has 0 bridgehead atoms. The van der Waals surface area contributed by atoms with E-state index in [4.69, 9.17) is 4.74 Å². The van der Waals surface area contributed by atoms with E-state index in [1.54, 1.807) is 30.3 Å². The molecule has 0 aromatic heterocycles. The van der Waals surface area contributed by atoms with Gasteiger partial charge in [0.05, 0.1) is 0 Å². The maximum Gasteiger partial charge on any atom is 0.325 e. The molecule has 0 aliphatic carbocycles. The summed E-state index contributed by atoms with van der Waals surface area (Å²) in [6.07, 6.45) is 1.04. The molecule has 0 aliphatic rings. The van der Waals surface area contributed by atoms with Gasteiger partial charge in [-0.05, 0) is 42.2 Å². The molecule has 2 amide bonds. The standard InChI is InChI=1S/C21H24N2O4/c1-3-15(2)16-9-11-18(12-10-16)23-19(24)14-27-20(25)13-22-21(26)17-7-5-4-6-8-17/h4-12,15H,3,13-14H2,1-2H3,(H,22,26)(H,23,24)/t15-/m0/s1. The first-order chi connectivity index (χ1) is 13.0. The molecule has 6 heteroatoms. The van der Waals surface area contributed by atoms with E-state index in [0.717, 1.165) is 6.42 Å². The SMILES string of the molecule is CC[C@H](C)c1ccc(NC(=O)COC(=O)CNC(=O)c2ccccc2)cc1. The van der Waals surface area contributed by atoms with E-state index < -0.39 is 18.5 Å². The normalized spacial score (nSPS) is 11.3. The first kappa shape index (κ1) is 20.2. The summed E-state index contributed by atoms with van der Waals surface area (Å²) in [5.41, 5.74) is 2.29. The van der Waals surface area contributed by atoms with Crippen LogP contribution in [0.15, 0.2) is 54.6 Å². The number of ether oxygens (including phenoxy) is 1.